The number of fused-ring (bicyclic) bond motifs is 2. The first-order valence-corrected chi connectivity index (χ1v) is 9.77. The van der Waals surface area contributed by atoms with Crippen molar-refractivity contribution in [2.24, 2.45) is 0 Å². The largest absolute Gasteiger partial charge is 0.465 e. The molecule has 1 aliphatic rings. The number of thiazole rings is 1. The zero-order valence-corrected chi connectivity index (χ0v) is 15.5. The van der Waals surface area contributed by atoms with E-state index in [1.807, 2.05) is 6.07 Å². The van der Waals surface area contributed by atoms with Crippen LogP contribution in [0, 0.1) is 0 Å². The molecule has 0 fully saturated rings. The molecule has 26 heavy (non-hydrogen) atoms. The molecule has 0 saturated carbocycles. The molecule has 3 aromatic rings. The summed E-state index contributed by atoms with van der Waals surface area (Å²) in [4.78, 5) is 32.5. The van der Waals surface area contributed by atoms with Crippen molar-refractivity contribution in [3.63, 3.8) is 0 Å². The summed E-state index contributed by atoms with van der Waals surface area (Å²) in [6, 6.07) is 1.83. The molecule has 134 valence electrons. The molecule has 2 amide bonds. The monoisotopic (exact) mass is 388 g/mol. The fourth-order valence-corrected chi connectivity index (χ4v) is 5.70. The van der Waals surface area contributed by atoms with Gasteiger partial charge in [0.05, 0.1) is 10.9 Å². The number of carbonyl (C=O) groups excluding carboxylic acids is 1. The normalized spacial score (nSPS) is 16.3. The summed E-state index contributed by atoms with van der Waals surface area (Å²) < 4.78 is 1.05. The zero-order valence-electron chi connectivity index (χ0n) is 13.9. The number of carbonyl (C=O) groups is 2. The molecule has 0 spiro atoms. The Labute approximate surface area is 157 Å². The number of aromatic nitrogens is 2. The first-order valence-electron chi connectivity index (χ1n) is 8.13. The molecule has 0 aliphatic heterocycles. The number of nitrogens with zero attached hydrogens (tertiary/aromatic N) is 2. The third kappa shape index (κ3) is 3.15. The Bertz CT molecular complexity index is 978. The van der Waals surface area contributed by atoms with Gasteiger partial charge in [0.25, 0.3) is 0 Å². The molecule has 4 rings (SSSR count). The molecule has 0 saturated heterocycles. The van der Waals surface area contributed by atoms with Gasteiger partial charge in [-0.1, -0.05) is 0 Å². The van der Waals surface area contributed by atoms with Gasteiger partial charge in [-0.3, -0.25) is 9.78 Å². The van der Waals surface area contributed by atoms with Gasteiger partial charge in [0, 0.05) is 36.0 Å². The number of amides is 2. The van der Waals surface area contributed by atoms with Crippen molar-refractivity contribution in [2.75, 3.05) is 5.32 Å². The molecule has 3 aromatic heterocycles. The van der Waals surface area contributed by atoms with Crippen LogP contribution in [0.4, 0.5) is 9.80 Å². The minimum absolute atomic E-state index is 0.101. The molecular weight excluding hydrogens is 372 g/mol. The fourth-order valence-electron chi connectivity index (χ4n) is 3.24. The number of thiophene rings is 1. The van der Waals surface area contributed by atoms with Gasteiger partial charge in [0.2, 0.25) is 5.91 Å². The predicted octanol–water partition coefficient (Wildman–Crippen LogP) is 3.50. The molecule has 1 unspecified atom stereocenters. The van der Waals surface area contributed by atoms with Gasteiger partial charge in [0.15, 0.2) is 0 Å². The Balaban J connectivity index is 1.79. The van der Waals surface area contributed by atoms with Gasteiger partial charge < -0.3 is 15.7 Å². The molecule has 0 radical (unpaired) electrons. The first kappa shape index (κ1) is 16.9. The summed E-state index contributed by atoms with van der Waals surface area (Å²) in [6.07, 6.45) is 4.58. The van der Waals surface area contributed by atoms with E-state index < -0.39 is 6.09 Å². The molecule has 1 aliphatic carbocycles. The fraction of sp³-hybridized carbons (Fsp3) is 0.294. The van der Waals surface area contributed by atoms with Crippen LogP contribution in [0.2, 0.25) is 0 Å². The summed E-state index contributed by atoms with van der Waals surface area (Å²) >= 11 is 3.09. The average Bonchev–Trinajstić information content (AvgIpc) is 3.13. The second-order valence-corrected chi connectivity index (χ2v) is 8.28. The molecule has 9 heteroatoms. The summed E-state index contributed by atoms with van der Waals surface area (Å²) in [7, 11) is 0. The third-order valence-corrected chi connectivity index (χ3v) is 6.51. The van der Waals surface area contributed by atoms with E-state index >= 15 is 0 Å². The predicted molar refractivity (Wildman–Crippen MR) is 102 cm³/mol. The van der Waals surface area contributed by atoms with Gasteiger partial charge in [-0.15, -0.1) is 22.7 Å². The lowest BCUT2D eigenvalue weighted by Crippen LogP contribution is -2.37. The van der Waals surface area contributed by atoms with Crippen LogP contribution in [0.1, 0.15) is 23.8 Å². The van der Waals surface area contributed by atoms with Crippen molar-refractivity contribution in [3.8, 4) is 10.6 Å². The van der Waals surface area contributed by atoms with Gasteiger partial charge in [-0.25, -0.2) is 9.78 Å². The van der Waals surface area contributed by atoms with Crippen molar-refractivity contribution in [2.45, 2.75) is 32.2 Å². The van der Waals surface area contributed by atoms with Crippen molar-refractivity contribution < 1.29 is 14.7 Å². The number of hydrogen-bond acceptors (Lipinski definition) is 6. The molecule has 1 atom stereocenters. The van der Waals surface area contributed by atoms with E-state index in [9.17, 15) is 9.59 Å². The maximum atomic E-state index is 11.7. The molecule has 0 bridgehead atoms. The number of carboxylic acid groups (broad SMARTS) is 1. The number of anilines is 1. The van der Waals surface area contributed by atoms with E-state index in [0.717, 1.165) is 49.1 Å². The highest BCUT2D eigenvalue weighted by Gasteiger charge is 2.29. The van der Waals surface area contributed by atoms with E-state index in [1.54, 1.807) is 23.7 Å². The second kappa shape index (κ2) is 6.65. The van der Waals surface area contributed by atoms with Crippen LogP contribution in [-0.2, 0) is 17.6 Å². The van der Waals surface area contributed by atoms with E-state index in [1.165, 1.54) is 18.3 Å². The molecule has 3 N–H and O–H groups in total. The standard InChI is InChI=1S/C17H16N4O3S2/c1-8(22)19-15-14(16-21-11-7-18-5-4-12(11)25-16)10-3-2-9(20-17(23)24)6-13(10)26-15/h4-5,7,9,20H,2-3,6H2,1H3,(H,19,22)(H,23,24). The highest BCUT2D eigenvalue weighted by atomic mass is 32.1. The van der Waals surface area contributed by atoms with Gasteiger partial charge in [-0.2, -0.15) is 0 Å². The van der Waals surface area contributed by atoms with E-state index in [0.29, 0.717) is 6.42 Å². The lowest BCUT2D eigenvalue weighted by Gasteiger charge is -2.22. The Hall–Kier alpha value is -2.52. The minimum atomic E-state index is -1.00. The molecular formula is C17H16N4O3S2. The van der Waals surface area contributed by atoms with E-state index in [4.69, 9.17) is 10.1 Å². The summed E-state index contributed by atoms with van der Waals surface area (Å²) in [5.41, 5.74) is 2.96. The number of pyridine rings is 1. The van der Waals surface area contributed by atoms with Crippen molar-refractivity contribution >= 4 is 49.9 Å². The molecule has 7 nitrogen and oxygen atoms in total. The quantitative estimate of drug-likeness (QED) is 0.637. The maximum absolute atomic E-state index is 11.7. The van der Waals surface area contributed by atoms with Crippen LogP contribution < -0.4 is 10.6 Å². The average molecular weight is 388 g/mol. The van der Waals surface area contributed by atoms with Crippen LogP contribution in [0.3, 0.4) is 0 Å². The van der Waals surface area contributed by atoms with Crippen molar-refractivity contribution in [3.05, 3.63) is 28.9 Å². The van der Waals surface area contributed by atoms with E-state index in [2.05, 4.69) is 15.6 Å². The Morgan fingerprint density at radius 3 is 2.92 bits per heavy atom. The number of hydrogen-bond donors (Lipinski definition) is 3. The number of nitrogens with one attached hydrogen (secondary N) is 2. The number of rotatable bonds is 3. The maximum Gasteiger partial charge on any atom is 0.404 e. The summed E-state index contributed by atoms with van der Waals surface area (Å²) in [5, 5.41) is 16.1. The van der Waals surface area contributed by atoms with Gasteiger partial charge >= 0.3 is 6.09 Å². The van der Waals surface area contributed by atoms with Crippen LogP contribution in [0.25, 0.3) is 20.8 Å². The summed E-state index contributed by atoms with van der Waals surface area (Å²) in [6.45, 7) is 1.49. The first-order chi connectivity index (χ1) is 12.5. The third-order valence-electron chi connectivity index (χ3n) is 4.29. The highest BCUT2D eigenvalue weighted by Crippen LogP contribution is 2.46. The van der Waals surface area contributed by atoms with Gasteiger partial charge in [-0.05, 0) is 24.5 Å². The molecule has 0 aromatic carbocycles. The Morgan fingerprint density at radius 2 is 2.19 bits per heavy atom. The smallest absolute Gasteiger partial charge is 0.404 e. The summed E-state index contributed by atoms with van der Waals surface area (Å²) in [5.74, 6) is -0.132. The highest BCUT2D eigenvalue weighted by molar-refractivity contribution is 7.22. The zero-order chi connectivity index (χ0) is 18.3. The van der Waals surface area contributed by atoms with Crippen molar-refractivity contribution in [1.82, 2.24) is 15.3 Å². The van der Waals surface area contributed by atoms with Crippen LogP contribution >= 0.6 is 22.7 Å². The second-order valence-electron chi connectivity index (χ2n) is 6.14. The SMILES string of the molecule is CC(=O)Nc1sc2c(c1-c1nc3cnccc3s1)CCC(NC(=O)O)C2. The molecule has 3 heterocycles. The minimum Gasteiger partial charge on any atom is -0.465 e. The van der Waals surface area contributed by atoms with Crippen molar-refractivity contribution in [1.29, 1.82) is 0 Å². The van der Waals surface area contributed by atoms with Gasteiger partial charge in [0.1, 0.15) is 15.5 Å². The van der Waals surface area contributed by atoms with Crippen LogP contribution in [-0.4, -0.2) is 33.1 Å². The lowest BCUT2D eigenvalue weighted by molar-refractivity contribution is -0.114. The topological polar surface area (TPSA) is 104 Å². The Kier molecular flexibility index (Phi) is 4.33. The van der Waals surface area contributed by atoms with Crippen LogP contribution in [0.5, 0.6) is 0 Å². The Morgan fingerprint density at radius 1 is 1.35 bits per heavy atom. The van der Waals surface area contributed by atoms with Crippen LogP contribution in [0.15, 0.2) is 18.5 Å². The van der Waals surface area contributed by atoms with E-state index in [-0.39, 0.29) is 11.9 Å². The lowest BCUT2D eigenvalue weighted by atomic mass is 9.92.